The molecule has 0 aliphatic rings. The highest BCUT2D eigenvalue weighted by atomic mass is 19.1. The topological polar surface area (TPSA) is 98.0 Å². The standard InChI is InChI=1S/C19H21FN4O4/c1-3-27-19(26)15-11-21-24-7-6-17(23-18(15)24)22-12(2)14-10-13(20)4-5-16(14)28-9-8-25/h4-7,10-12,25H,3,8-9H2,1-2H3,(H,22,23)/t12-/m1/s1. The van der Waals surface area contributed by atoms with Crippen molar-refractivity contribution in [2.75, 3.05) is 25.1 Å². The summed E-state index contributed by atoms with van der Waals surface area (Å²) in [4.78, 5) is 16.5. The summed E-state index contributed by atoms with van der Waals surface area (Å²) in [5.41, 5.74) is 1.19. The third-order valence-corrected chi connectivity index (χ3v) is 4.02. The van der Waals surface area contributed by atoms with Gasteiger partial charge in [0.15, 0.2) is 5.65 Å². The minimum absolute atomic E-state index is 0.105. The van der Waals surface area contributed by atoms with E-state index in [1.165, 1.54) is 28.9 Å². The van der Waals surface area contributed by atoms with Gasteiger partial charge in [-0.25, -0.2) is 18.7 Å². The van der Waals surface area contributed by atoms with Gasteiger partial charge < -0.3 is 19.9 Å². The van der Waals surface area contributed by atoms with Crippen LogP contribution in [0.1, 0.15) is 35.8 Å². The number of aliphatic hydroxyl groups is 1. The number of anilines is 1. The molecule has 0 fully saturated rings. The number of benzene rings is 1. The molecule has 148 valence electrons. The van der Waals surface area contributed by atoms with Crippen molar-refractivity contribution in [2.24, 2.45) is 0 Å². The first-order chi connectivity index (χ1) is 13.5. The smallest absolute Gasteiger partial charge is 0.343 e. The first-order valence-electron chi connectivity index (χ1n) is 8.84. The molecule has 0 aliphatic heterocycles. The minimum atomic E-state index is -0.500. The number of halogens is 1. The second-order valence-electron chi connectivity index (χ2n) is 5.98. The predicted molar refractivity (Wildman–Crippen MR) is 100.0 cm³/mol. The molecule has 0 spiro atoms. The lowest BCUT2D eigenvalue weighted by Crippen LogP contribution is -2.12. The van der Waals surface area contributed by atoms with Crippen LogP contribution in [0.25, 0.3) is 5.65 Å². The summed E-state index contributed by atoms with van der Waals surface area (Å²) in [5.74, 6) is 0.0420. The molecular weight excluding hydrogens is 367 g/mol. The van der Waals surface area contributed by atoms with Crippen LogP contribution in [0.15, 0.2) is 36.7 Å². The molecule has 1 atom stereocenters. The predicted octanol–water partition coefficient (Wildman–Crippen LogP) is 2.59. The first kappa shape index (κ1) is 19.6. The molecule has 3 aromatic rings. The third-order valence-electron chi connectivity index (χ3n) is 4.02. The molecule has 8 nitrogen and oxygen atoms in total. The molecular formula is C19H21FN4O4. The van der Waals surface area contributed by atoms with E-state index < -0.39 is 11.8 Å². The van der Waals surface area contributed by atoms with E-state index in [0.29, 0.717) is 22.8 Å². The van der Waals surface area contributed by atoms with Gasteiger partial charge in [-0.15, -0.1) is 0 Å². The number of hydrogen-bond donors (Lipinski definition) is 2. The van der Waals surface area contributed by atoms with Crippen molar-refractivity contribution in [1.29, 1.82) is 0 Å². The lowest BCUT2D eigenvalue weighted by molar-refractivity contribution is 0.0528. The van der Waals surface area contributed by atoms with Gasteiger partial charge in [-0.3, -0.25) is 0 Å². The summed E-state index contributed by atoms with van der Waals surface area (Å²) in [6, 6.07) is 5.52. The highest BCUT2D eigenvalue weighted by Gasteiger charge is 2.17. The lowest BCUT2D eigenvalue weighted by atomic mass is 10.1. The summed E-state index contributed by atoms with van der Waals surface area (Å²) in [7, 11) is 0. The van der Waals surface area contributed by atoms with Gasteiger partial charge >= 0.3 is 5.97 Å². The molecule has 2 heterocycles. The number of nitrogens with one attached hydrogen (secondary N) is 1. The Balaban J connectivity index is 1.87. The average molecular weight is 388 g/mol. The van der Waals surface area contributed by atoms with E-state index in [9.17, 15) is 9.18 Å². The fourth-order valence-corrected chi connectivity index (χ4v) is 2.75. The Morgan fingerprint density at radius 1 is 1.39 bits per heavy atom. The molecule has 3 rings (SSSR count). The second kappa shape index (κ2) is 8.66. The summed E-state index contributed by atoms with van der Waals surface area (Å²) in [6.07, 6.45) is 3.07. The quantitative estimate of drug-likeness (QED) is 0.572. The molecule has 0 bridgehead atoms. The number of esters is 1. The Morgan fingerprint density at radius 2 is 2.21 bits per heavy atom. The molecule has 0 unspecified atom stereocenters. The van der Waals surface area contributed by atoms with Crippen LogP contribution in [-0.4, -0.2) is 45.5 Å². The SMILES string of the molecule is CCOC(=O)c1cnn2ccc(N[C@H](C)c3cc(F)ccc3OCCO)nc12. The maximum absolute atomic E-state index is 13.7. The van der Waals surface area contributed by atoms with E-state index in [-0.39, 0.29) is 31.4 Å². The van der Waals surface area contributed by atoms with E-state index in [4.69, 9.17) is 14.6 Å². The van der Waals surface area contributed by atoms with Gasteiger partial charge in [0.05, 0.1) is 25.5 Å². The summed E-state index contributed by atoms with van der Waals surface area (Å²) < 4.78 is 25.7. The Morgan fingerprint density at radius 3 is 2.96 bits per heavy atom. The van der Waals surface area contributed by atoms with Crippen LogP contribution in [0.5, 0.6) is 5.75 Å². The summed E-state index contributed by atoms with van der Waals surface area (Å²) in [6.45, 7) is 3.76. The van der Waals surface area contributed by atoms with Crippen molar-refractivity contribution in [1.82, 2.24) is 14.6 Å². The van der Waals surface area contributed by atoms with Crippen LogP contribution >= 0.6 is 0 Å². The molecule has 0 amide bonds. The van der Waals surface area contributed by atoms with Crippen LogP contribution in [0.2, 0.25) is 0 Å². The molecule has 0 saturated heterocycles. The molecule has 9 heteroatoms. The third kappa shape index (κ3) is 4.20. The van der Waals surface area contributed by atoms with Crippen molar-refractivity contribution in [3.63, 3.8) is 0 Å². The number of rotatable bonds is 8. The van der Waals surface area contributed by atoms with Crippen LogP contribution < -0.4 is 10.1 Å². The highest BCUT2D eigenvalue weighted by Crippen LogP contribution is 2.28. The zero-order valence-corrected chi connectivity index (χ0v) is 15.6. The number of carbonyl (C=O) groups excluding carboxylic acids is 1. The maximum atomic E-state index is 13.7. The molecule has 2 N–H and O–H groups in total. The molecule has 1 aromatic carbocycles. The molecule has 28 heavy (non-hydrogen) atoms. The van der Waals surface area contributed by atoms with Gasteiger partial charge in [0, 0.05) is 11.8 Å². The zero-order chi connectivity index (χ0) is 20.1. The lowest BCUT2D eigenvalue weighted by Gasteiger charge is -2.19. The molecule has 0 aliphatic carbocycles. The second-order valence-corrected chi connectivity index (χ2v) is 5.98. The fourth-order valence-electron chi connectivity index (χ4n) is 2.75. The molecule has 2 aromatic heterocycles. The largest absolute Gasteiger partial charge is 0.491 e. The normalized spacial score (nSPS) is 12.0. The number of aliphatic hydroxyl groups excluding tert-OH is 1. The summed E-state index contributed by atoms with van der Waals surface area (Å²) >= 11 is 0. The Labute approximate surface area is 160 Å². The number of carbonyl (C=O) groups is 1. The Kier molecular flexibility index (Phi) is 6.05. The van der Waals surface area contributed by atoms with Crippen molar-refractivity contribution in [3.05, 3.63) is 53.6 Å². The van der Waals surface area contributed by atoms with E-state index in [0.717, 1.165) is 0 Å². The number of fused-ring (bicyclic) bond motifs is 1. The van der Waals surface area contributed by atoms with Gasteiger partial charge in [0.25, 0.3) is 0 Å². The molecule has 0 saturated carbocycles. The summed E-state index contributed by atoms with van der Waals surface area (Å²) in [5, 5.41) is 16.2. The van der Waals surface area contributed by atoms with Crippen molar-refractivity contribution >= 4 is 17.4 Å². The number of hydrogen-bond acceptors (Lipinski definition) is 7. The average Bonchev–Trinajstić information content (AvgIpc) is 3.10. The van der Waals surface area contributed by atoms with E-state index >= 15 is 0 Å². The van der Waals surface area contributed by atoms with E-state index in [1.54, 1.807) is 19.2 Å². The van der Waals surface area contributed by atoms with Crippen molar-refractivity contribution < 1.29 is 23.8 Å². The Hall–Kier alpha value is -3.20. The highest BCUT2D eigenvalue weighted by molar-refractivity contribution is 5.95. The van der Waals surface area contributed by atoms with Crippen LogP contribution in [0, 0.1) is 5.82 Å². The van der Waals surface area contributed by atoms with Crippen LogP contribution in [0.4, 0.5) is 10.2 Å². The van der Waals surface area contributed by atoms with Crippen LogP contribution in [-0.2, 0) is 4.74 Å². The van der Waals surface area contributed by atoms with Crippen molar-refractivity contribution in [2.45, 2.75) is 19.9 Å². The monoisotopic (exact) mass is 388 g/mol. The van der Waals surface area contributed by atoms with Gasteiger partial charge in [-0.2, -0.15) is 5.10 Å². The van der Waals surface area contributed by atoms with Gasteiger partial charge in [-0.05, 0) is 38.1 Å². The van der Waals surface area contributed by atoms with Gasteiger partial charge in [0.2, 0.25) is 0 Å². The van der Waals surface area contributed by atoms with E-state index in [1.807, 2.05) is 6.92 Å². The molecule has 0 radical (unpaired) electrons. The van der Waals surface area contributed by atoms with E-state index in [2.05, 4.69) is 15.4 Å². The van der Waals surface area contributed by atoms with Gasteiger partial charge in [0.1, 0.15) is 29.6 Å². The zero-order valence-electron chi connectivity index (χ0n) is 15.6. The Bertz CT molecular complexity index is 976. The van der Waals surface area contributed by atoms with Crippen LogP contribution in [0.3, 0.4) is 0 Å². The minimum Gasteiger partial charge on any atom is -0.491 e. The van der Waals surface area contributed by atoms with Crippen molar-refractivity contribution in [3.8, 4) is 5.75 Å². The first-order valence-corrected chi connectivity index (χ1v) is 8.84. The fraction of sp³-hybridized carbons (Fsp3) is 0.316. The number of aromatic nitrogens is 3. The number of ether oxygens (including phenoxy) is 2. The van der Waals surface area contributed by atoms with Gasteiger partial charge in [-0.1, -0.05) is 0 Å². The number of nitrogens with zero attached hydrogens (tertiary/aromatic N) is 3. The maximum Gasteiger partial charge on any atom is 0.343 e.